The van der Waals surface area contributed by atoms with Crippen molar-refractivity contribution in [2.24, 2.45) is 5.14 Å². The van der Waals surface area contributed by atoms with Crippen molar-refractivity contribution in [3.63, 3.8) is 0 Å². The van der Waals surface area contributed by atoms with Crippen LogP contribution in [-0.2, 0) is 16.6 Å². The Morgan fingerprint density at radius 1 is 0.963 bits per heavy atom. The summed E-state index contributed by atoms with van der Waals surface area (Å²) in [6.45, 7) is 0.248. The van der Waals surface area contributed by atoms with Gasteiger partial charge in [-0.3, -0.25) is 0 Å². The number of anilines is 3. The third kappa shape index (κ3) is 5.27. The molecule has 3 aromatic rings. The third-order valence-electron chi connectivity index (χ3n) is 3.46. The molecule has 3 rings (SSSR count). The molecule has 4 N–H and O–H groups in total. The molecule has 11 heteroatoms. The van der Waals surface area contributed by atoms with Gasteiger partial charge in [0, 0.05) is 23.8 Å². The molecule has 0 bridgehead atoms. The van der Waals surface area contributed by atoms with Crippen molar-refractivity contribution in [1.29, 1.82) is 0 Å². The second-order valence-corrected chi connectivity index (χ2v) is 7.83. The van der Waals surface area contributed by atoms with Gasteiger partial charge in [-0.2, -0.15) is 0 Å². The Kier molecular flexibility index (Phi) is 5.76. The predicted octanol–water partition coefficient (Wildman–Crippen LogP) is 3.18. The minimum Gasteiger partial charge on any atom is -0.366 e. The van der Waals surface area contributed by atoms with Crippen LogP contribution in [0.3, 0.4) is 0 Å². The van der Waals surface area contributed by atoms with Crippen LogP contribution in [0.4, 0.5) is 17.5 Å². The number of nitrogens with one attached hydrogen (secondary N) is 2. The molecule has 0 radical (unpaired) electrons. The topological polar surface area (TPSA) is 123 Å². The highest BCUT2D eigenvalue weighted by molar-refractivity contribution is 7.89. The second-order valence-electron chi connectivity index (χ2n) is 5.43. The monoisotopic (exact) mass is 424 g/mol. The lowest BCUT2D eigenvalue weighted by Crippen LogP contribution is -2.13. The van der Waals surface area contributed by atoms with Gasteiger partial charge in [0.15, 0.2) is 0 Å². The Labute approximate surface area is 165 Å². The normalized spacial score (nSPS) is 11.2. The maximum atomic E-state index is 11.5. The molecule has 0 amide bonds. The molecule has 0 aliphatic rings. The fourth-order valence-corrected chi connectivity index (χ4v) is 3.01. The Balaban J connectivity index is 1.73. The lowest BCUT2D eigenvalue weighted by Gasteiger charge is -2.10. The van der Waals surface area contributed by atoms with Gasteiger partial charge in [-0.05, 0) is 35.9 Å². The number of pyridine rings is 1. The van der Waals surface area contributed by atoms with Crippen molar-refractivity contribution < 1.29 is 8.42 Å². The summed E-state index contributed by atoms with van der Waals surface area (Å²) in [5, 5.41) is 12.2. The van der Waals surface area contributed by atoms with E-state index in [2.05, 4.69) is 25.6 Å². The number of rotatable bonds is 6. The summed E-state index contributed by atoms with van der Waals surface area (Å²) in [5.74, 6) is 1.61. The minimum absolute atomic E-state index is 0.0115. The Bertz CT molecular complexity index is 1060. The number of nitrogens with two attached hydrogens (primary N) is 1. The molecular weight excluding hydrogens is 411 g/mol. The van der Waals surface area contributed by atoms with Crippen molar-refractivity contribution >= 4 is 50.7 Å². The van der Waals surface area contributed by atoms with Crippen molar-refractivity contribution in [2.45, 2.75) is 11.4 Å². The van der Waals surface area contributed by atoms with E-state index >= 15 is 0 Å². The first-order chi connectivity index (χ1) is 12.8. The number of aromatic nitrogens is 3. The molecule has 0 saturated carbocycles. The van der Waals surface area contributed by atoms with Gasteiger partial charge in [0.2, 0.25) is 10.0 Å². The molecule has 0 aliphatic heterocycles. The van der Waals surface area contributed by atoms with Crippen molar-refractivity contribution in [3.05, 3.63) is 64.5 Å². The third-order valence-corrected chi connectivity index (χ3v) is 4.96. The molecule has 8 nitrogen and oxygen atoms in total. The zero-order chi connectivity index (χ0) is 19.4. The molecule has 27 heavy (non-hydrogen) atoms. The number of nitrogens with zero attached hydrogens (tertiary/aromatic N) is 3. The number of benzene rings is 1. The van der Waals surface area contributed by atoms with Crippen molar-refractivity contribution in [2.75, 3.05) is 10.6 Å². The Morgan fingerprint density at radius 2 is 1.74 bits per heavy atom. The van der Waals surface area contributed by atoms with Crippen molar-refractivity contribution in [3.8, 4) is 0 Å². The molecule has 0 spiro atoms. The Hall–Kier alpha value is -2.46. The minimum atomic E-state index is -3.81. The average molecular weight is 425 g/mol. The maximum Gasteiger partial charge on any atom is 0.238 e. The first-order valence-electron chi connectivity index (χ1n) is 7.57. The van der Waals surface area contributed by atoms with E-state index in [0.717, 1.165) is 0 Å². The van der Waals surface area contributed by atoms with Gasteiger partial charge in [0.05, 0.1) is 9.92 Å². The molecular formula is C16H14Cl2N6O2S. The van der Waals surface area contributed by atoms with Gasteiger partial charge >= 0.3 is 0 Å². The zero-order valence-electron chi connectivity index (χ0n) is 13.7. The highest BCUT2D eigenvalue weighted by atomic mass is 35.5. The van der Waals surface area contributed by atoms with Crippen LogP contribution in [0.15, 0.2) is 53.8 Å². The average Bonchev–Trinajstić information content (AvgIpc) is 2.62. The van der Waals surface area contributed by atoms with E-state index in [1.54, 1.807) is 18.2 Å². The molecule has 0 atom stereocenters. The van der Waals surface area contributed by atoms with Gasteiger partial charge in [-0.1, -0.05) is 23.2 Å². The SMILES string of the molecule is NS(=O)(=O)c1ccc(Cl)c(CNc2cc(Nc3ccc(Cl)cn3)ncn2)c1. The summed E-state index contributed by atoms with van der Waals surface area (Å²) < 4.78 is 23.0. The summed E-state index contributed by atoms with van der Waals surface area (Å²) in [5.41, 5.74) is 0.565. The summed E-state index contributed by atoms with van der Waals surface area (Å²) in [6.07, 6.45) is 2.90. The van der Waals surface area contributed by atoms with E-state index < -0.39 is 10.0 Å². The predicted molar refractivity (Wildman–Crippen MR) is 105 cm³/mol. The van der Waals surface area contributed by atoms with E-state index in [4.69, 9.17) is 28.3 Å². The fraction of sp³-hybridized carbons (Fsp3) is 0.0625. The van der Waals surface area contributed by atoms with Crippen LogP contribution in [0.1, 0.15) is 5.56 Å². The molecule has 1 aromatic carbocycles. The Morgan fingerprint density at radius 3 is 2.44 bits per heavy atom. The van der Waals surface area contributed by atoms with E-state index in [1.165, 1.54) is 30.7 Å². The van der Waals surface area contributed by atoms with Crippen LogP contribution < -0.4 is 15.8 Å². The van der Waals surface area contributed by atoms with E-state index in [0.29, 0.717) is 33.1 Å². The second kappa shape index (κ2) is 8.05. The molecule has 2 aromatic heterocycles. The summed E-state index contributed by atoms with van der Waals surface area (Å²) in [4.78, 5) is 12.4. The highest BCUT2D eigenvalue weighted by Crippen LogP contribution is 2.22. The highest BCUT2D eigenvalue weighted by Gasteiger charge is 2.11. The first-order valence-corrected chi connectivity index (χ1v) is 9.87. The molecule has 0 aliphatic carbocycles. The largest absolute Gasteiger partial charge is 0.366 e. The lowest BCUT2D eigenvalue weighted by atomic mass is 10.2. The smallest absolute Gasteiger partial charge is 0.238 e. The van der Waals surface area contributed by atoms with Gasteiger partial charge in [-0.25, -0.2) is 28.5 Å². The quantitative estimate of drug-likeness (QED) is 0.554. The zero-order valence-corrected chi connectivity index (χ0v) is 16.1. The van der Waals surface area contributed by atoms with E-state index in [1.807, 2.05) is 0 Å². The number of primary sulfonamides is 1. The maximum absolute atomic E-state index is 11.5. The summed E-state index contributed by atoms with van der Waals surface area (Å²) in [6, 6.07) is 9.36. The standard InChI is InChI=1S/C16H14Cl2N6O2S/c17-11-1-4-14(21-8-11)24-16-6-15(22-9-23-16)20-7-10-5-12(27(19,25)26)2-3-13(10)18/h1-6,8-9H,7H2,(H2,19,25,26)(H2,20,21,22,23,24). The van der Waals surface area contributed by atoms with E-state index in [-0.39, 0.29) is 11.4 Å². The van der Waals surface area contributed by atoms with Crippen molar-refractivity contribution in [1.82, 2.24) is 15.0 Å². The lowest BCUT2D eigenvalue weighted by molar-refractivity contribution is 0.597. The molecule has 2 heterocycles. The van der Waals surface area contributed by atoms with Gasteiger partial charge < -0.3 is 10.6 Å². The first kappa shape index (κ1) is 19.3. The fourth-order valence-electron chi connectivity index (χ4n) is 2.15. The molecule has 0 saturated heterocycles. The molecule has 0 unspecified atom stereocenters. The van der Waals surface area contributed by atoms with Gasteiger partial charge in [0.1, 0.15) is 23.8 Å². The van der Waals surface area contributed by atoms with Crippen LogP contribution in [-0.4, -0.2) is 23.4 Å². The van der Waals surface area contributed by atoms with Gasteiger partial charge in [-0.15, -0.1) is 0 Å². The van der Waals surface area contributed by atoms with Crippen LogP contribution in [0, 0.1) is 0 Å². The summed E-state index contributed by atoms with van der Waals surface area (Å²) >= 11 is 11.9. The number of halogens is 2. The number of hydrogen-bond donors (Lipinski definition) is 3. The molecule has 140 valence electrons. The van der Waals surface area contributed by atoms with Crippen LogP contribution >= 0.6 is 23.2 Å². The summed E-state index contributed by atoms with van der Waals surface area (Å²) in [7, 11) is -3.81. The van der Waals surface area contributed by atoms with Crippen LogP contribution in [0.25, 0.3) is 0 Å². The van der Waals surface area contributed by atoms with Crippen LogP contribution in [0.5, 0.6) is 0 Å². The van der Waals surface area contributed by atoms with E-state index in [9.17, 15) is 8.42 Å². The van der Waals surface area contributed by atoms with Crippen LogP contribution in [0.2, 0.25) is 10.0 Å². The molecule has 0 fully saturated rings. The number of sulfonamides is 1. The van der Waals surface area contributed by atoms with Gasteiger partial charge in [0.25, 0.3) is 0 Å². The number of hydrogen-bond acceptors (Lipinski definition) is 7.